The first-order chi connectivity index (χ1) is 16.2. The number of aromatic nitrogens is 4. The van der Waals surface area contributed by atoms with Crippen LogP contribution in [0.2, 0.25) is 0 Å². The third-order valence-electron chi connectivity index (χ3n) is 6.24. The lowest BCUT2D eigenvalue weighted by Gasteiger charge is -2.10. The van der Waals surface area contributed by atoms with Crippen LogP contribution in [0.15, 0.2) is 54.9 Å². The summed E-state index contributed by atoms with van der Waals surface area (Å²) in [6, 6.07) is 15.1. The second kappa shape index (κ2) is 8.90. The van der Waals surface area contributed by atoms with Gasteiger partial charge < -0.3 is 15.8 Å². The van der Waals surface area contributed by atoms with Crippen LogP contribution in [0.4, 0.5) is 5.82 Å². The Kier molecular flexibility index (Phi) is 5.64. The number of nitrogens with zero attached hydrogens (tertiary/aromatic N) is 4. The number of fused-ring (bicyclic) bond motifs is 1. The Bertz CT molecular complexity index is 1290. The van der Waals surface area contributed by atoms with Gasteiger partial charge in [0.2, 0.25) is 0 Å². The number of ether oxygens (including phenoxy) is 1. The second-order valence-corrected chi connectivity index (χ2v) is 8.28. The van der Waals surface area contributed by atoms with Gasteiger partial charge in [-0.2, -0.15) is 5.10 Å². The molecule has 3 N–H and O–H groups in total. The number of rotatable bonds is 6. The zero-order chi connectivity index (χ0) is 22.8. The summed E-state index contributed by atoms with van der Waals surface area (Å²) in [7, 11) is 1.56. The van der Waals surface area contributed by atoms with Crippen LogP contribution in [0.25, 0.3) is 16.7 Å². The lowest BCUT2D eigenvalue weighted by Crippen LogP contribution is -2.23. The number of nitrogens with one attached hydrogen (secondary N) is 1. The fourth-order valence-corrected chi connectivity index (χ4v) is 4.52. The van der Waals surface area contributed by atoms with Crippen molar-refractivity contribution < 1.29 is 9.53 Å². The van der Waals surface area contributed by atoms with Crippen molar-refractivity contribution >= 4 is 22.8 Å². The van der Waals surface area contributed by atoms with E-state index in [1.165, 1.54) is 19.2 Å². The number of methoxy groups -OCH3 is 1. The van der Waals surface area contributed by atoms with Gasteiger partial charge in [0.15, 0.2) is 5.82 Å². The van der Waals surface area contributed by atoms with Gasteiger partial charge in [0.1, 0.15) is 23.1 Å². The molecule has 8 nitrogen and oxygen atoms in total. The van der Waals surface area contributed by atoms with Crippen LogP contribution in [0.5, 0.6) is 5.75 Å². The summed E-state index contributed by atoms with van der Waals surface area (Å²) in [5.41, 5.74) is 11.2. The number of benzene rings is 2. The molecule has 2 aromatic heterocycles. The highest BCUT2D eigenvalue weighted by Gasteiger charge is 2.25. The number of nitrogen functional groups attached to an aromatic ring is 1. The van der Waals surface area contributed by atoms with Gasteiger partial charge in [-0.25, -0.2) is 14.6 Å². The maximum Gasteiger partial charge on any atom is 0.255 e. The van der Waals surface area contributed by atoms with Crippen LogP contribution in [0.3, 0.4) is 0 Å². The topological polar surface area (TPSA) is 108 Å². The maximum atomic E-state index is 12.6. The first kappa shape index (κ1) is 20.9. The van der Waals surface area contributed by atoms with Crippen molar-refractivity contribution in [3.05, 3.63) is 71.7 Å². The maximum absolute atomic E-state index is 12.6. The van der Waals surface area contributed by atoms with E-state index in [1.807, 2.05) is 41.1 Å². The zero-order valence-corrected chi connectivity index (χ0v) is 18.5. The molecule has 1 saturated carbocycles. The molecule has 0 saturated heterocycles. The van der Waals surface area contributed by atoms with Crippen LogP contribution in [-0.4, -0.2) is 32.8 Å². The molecule has 2 aromatic carbocycles. The van der Waals surface area contributed by atoms with Crippen LogP contribution in [-0.2, 0) is 6.54 Å². The van der Waals surface area contributed by atoms with Crippen LogP contribution in [0.1, 0.15) is 53.2 Å². The van der Waals surface area contributed by atoms with E-state index in [1.54, 1.807) is 19.2 Å². The minimum atomic E-state index is -0.180. The van der Waals surface area contributed by atoms with Crippen LogP contribution >= 0.6 is 0 Å². The molecule has 0 spiro atoms. The Morgan fingerprint density at radius 2 is 1.88 bits per heavy atom. The summed E-state index contributed by atoms with van der Waals surface area (Å²) in [5.74, 6) is 1.20. The van der Waals surface area contributed by atoms with E-state index in [0.717, 1.165) is 40.8 Å². The molecule has 33 heavy (non-hydrogen) atoms. The summed E-state index contributed by atoms with van der Waals surface area (Å²) < 4.78 is 7.12. The highest BCUT2D eigenvalue weighted by atomic mass is 16.5. The minimum Gasteiger partial charge on any atom is -0.496 e. The SMILES string of the molecule is COc1ccccc1C(=O)NCc1ccc(-n2nc(C3CCCC3)c3ncnc(N)c32)cc1. The third kappa shape index (κ3) is 4.00. The average molecular weight is 443 g/mol. The van der Waals surface area contributed by atoms with Gasteiger partial charge in [0, 0.05) is 12.5 Å². The molecule has 4 aromatic rings. The number of amides is 1. The highest BCUT2D eigenvalue weighted by molar-refractivity contribution is 5.96. The van der Waals surface area contributed by atoms with Crippen molar-refractivity contribution in [2.45, 2.75) is 38.1 Å². The summed E-state index contributed by atoms with van der Waals surface area (Å²) in [5, 5.41) is 7.86. The molecule has 0 radical (unpaired) electrons. The number of anilines is 1. The van der Waals surface area contributed by atoms with Crippen molar-refractivity contribution in [1.82, 2.24) is 25.1 Å². The van der Waals surface area contributed by atoms with Gasteiger partial charge in [-0.05, 0) is 42.7 Å². The highest BCUT2D eigenvalue weighted by Crippen LogP contribution is 2.37. The minimum absolute atomic E-state index is 0.180. The quantitative estimate of drug-likeness (QED) is 0.467. The van der Waals surface area contributed by atoms with Gasteiger partial charge in [-0.1, -0.05) is 37.1 Å². The number of hydrogen-bond donors (Lipinski definition) is 2. The molecule has 1 aliphatic rings. The summed E-state index contributed by atoms with van der Waals surface area (Å²) in [6.45, 7) is 0.398. The Morgan fingerprint density at radius 1 is 1.12 bits per heavy atom. The lowest BCUT2D eigenvalue weighted by molar-refractivity contribution is 0.0948. The number of hydrogen-bond acceptors (Lipinski definition) is 6. The fourth-order valence-electron chi connectivity index (χ4n) is 4.52. The summed E-state index contributed by atoms with van der Waals surface area (Å²) in [4.78, 5) is 21.3. The largest absolute Gasteiger partial charge is 0.496 e. The molecule has 0 unspecified atom stereocenters. The van der Waals surface area contributed by atoms with E-state index in [-0.39, 0.29) is 5.91 Å². The Labute approximate surface area is 191 Å². The molecule has 1 aliphatic carbocycles. The van der Waals surface area contributed by atoms with E-state index in [9.17, 15) is 4.79 Å². The second-order valence-electron chi connectivity index (χ2n) is 8.28. The lowest BCUT2D eigenvalue weighted by atomic mass is 10.0. The molecule has 168 valence electrons. The molecule has 1 fully saturated rings. The van der Waals surface area contributed by atoms with Crippen LogP contribution < -0.4 is 15.8 Å². The first-order valence-electron chi connectivity index (χ1n) is 11.2. The first-order valence-corrected chi connectivity index (χ1v) is 11.2. The monoisotopic (exact) mass is 442 g/mol. The molecule has 1 amide bonds. The van der Waals surface area contributed by atoms with E-state index in [4.69, 9.17) is 15.6 Å². The standard InChI is InChI=1S/C25H26N6O2/c1-33-20-9-5-4-8-19(20)25(32)27-14-16-10-12-18(13-11-16)31-23-22(28-15-29-24(23)26)21(30-31)17-6-2-3-7-17/h4-5,8-13,15,17H,2-3,6-7,14H2,1H3,(H,27,32)(H2,26,28,29). The molecular weight excluding hydrogens is 416 g/mol. The molecule has 0 atom stereocenters. The molecule has 5 rings (SSSR count). The predicted octanol–water partition coefficient (Wildman–Crippen LogP) is 3.99. The summed E-state index contributed by atoms with van der Waals surface area (Å²) in [6.07, 6.45) is 6.20. The molecule has 2 heterocycles. The zero-order valence-electron chi connectivity index (χ0n) is 18.5. The van der Waals surface area contributed by atoms with Crippen molar-refractivity contribution in [3.8, 4) is 11.4 Å². The van der Waals surface area contributed by atoms with Crippen molar-refractivity contribution in [2.24, 2.45) is 0 Å². The number of carbonyl (C=O) groups excluding carboxylic acids is 1. The van der Waals surface area contributed by atoms with Gasteiger partial charge in [-0.15, -0.1) is 0 Å². The van der Waals surface area contributed by atoms with Crippen LogP contribution in [0, 0.1) is 0 Å². The Hall–Kier alpha value is -3.94. The van der Waals surface area contributed by atoms with Gasteiger partial charge >= 0.3 is 0 Å². The van der Waals surface area contributed by atoms with Gasteiger partial charge in [0.25, 0.3) is 5.91 Å². The Balaban J connectivity index is 1.38. The van der Waals surface area contributed by atoms with E-state index in [0.29, 0.717) is 29.6 Å². The summed E-state index contributed by atoms with van der Waals surface area (Å²) >= 11 is 0. The smallest absolute Gasteiger partial charge is 0.255 e. The normalized spacial score (nSPS) is 14.0. The number of carbonyl (C=O) groups is 1. The van der Waals surface area contributed by atoms with Crippen molar-refractivity contribution in [3.63, 3.8) is 0 Å². The molecular formula is C25H26N6O2. The van der Waals surface area contributed by atoms with E-state index >= 15 is 0 Å². The van der Waals surface area contributed by atoms with Crippen molar-refractivity contribution in [1.29, 1.82) is 0 Å². The fraction of sp³-hybridized carbons (Fsp3) is 0.280. The molecule has 0 bridgehead atoms. The molecule has 0 aliphatic heterocycles. The number of para-hydroxylation sites is 1. The number of nitrogens with two attached hydrogens (primary N) is 1. The molecule has 8 heteroatoms. The average Bonchev–Trinajstić information content (AvgIpc) is 3.51. The van der Waals surface area contributed by atoms with E-state index in [2.05, 4.69) is 15.3 Å². The Morgan fingerprint density at radius 3 is 2.64 bits per heavy atom. The van der Waals surface area contributed by atoms with Crippen molar-refractivity contribution in [2.75, 3.05) is 12.8 Å². The third-order valence-corrected chi connectivity index (χ3v) is 6.24. The van der Waals surface area contributed by atoms with Gasteiger partial charge in [-0.3, -0.25) is 4.79 Å². The van der Waals surface area contributed by atoms with Gasteiger partial charge in [0.05, 0.1) is 24.1 Å². The van der Waals surface area contributed by atoms with E-state index < -0.39 is 0 Å². The predicted molar refractivity (Wildman–Crippen MR) is 126 cm³/mol.